The quantitative estimate of drug-likeness (QED) is 0.911. The van der Waals surface area contributed by atoms with Crippen molar-refractivity contribution in [2.24, 2.45) is 5.73 Å². The molecule has 0 amide bonds. The SMILES string of the molecule is Cc1cc(CCN)nc(C2SCCSC2C)n1. The standard InChI is InChI=1S/C12H19N3S2/c1-8-7-10(3-4-13)15-12(14-8)11-9(2)16-5-6-17-11/h7,9,11H,3-6,13H2,1-2H3. The van der Waals surface area contributed by atoms with E-state index in [1.807, 2.05) is 36.5 Å². The first-order valence-corrected chi connectivity index (χ1v) is 8.08. The van der Waals surface area contributed by atoms with E-state index >= 15 is 0 Å². The Bertz CT molecular complexity index is 384. The predicted octanol–water partition coefficient (Wildman–Crippen LogP) is 2.20. The van der Waals surface area contributed by atoms with Crippen LogP contribution in [-0.4, -0.2) is 33.3 Å². The van der Waals surface area contributed by atoms with Gasteiger partial charge in [0.15, 0.2) is 0 Å². The smallest absolute Gasteiger partial charge is 0.142 e. The van der Waals surface area contributed by atoms with Gasteiger partial charge in [0.1, 0.15) is 5.82 Å². The summed E-state index contributed by atoms with van der Waals surface area (Å²) in [5.74, 6) is 3.44. The van der Waals surface area contributed by atoms with Crippen molar-refractivity contribution in [3.8, 4) is 0 Å². The summed E-state index contributed by atoms with van der Waals surface area (Å²) in [6, 6.07) is 2.04. The molecule has 1 aliphatic rings. The van der Waals surface area contributed by atoms with Gasteiger partial charge in [-0.1, -0.05) is 6.92 Å². The molecule has 0 radical (unpaired) electrons. The third-order valence-corrected chi connectivity index (χ3v) is 5.85. The molecule has 0 aromatic carbocycles. The van der Waals surface area contributed by atoms with Crippen LogP contribution in [0.1, 0.15) is 29.4 Å². The maximum atomic E-state index is 5.60. The number of nitrogens with zero attached hydrogens (tertiary/aromatic N) is 2. The van der Waals surface area contributed by atoms with Gasteiger partial charge >= 0.3 is 0 Å². The fraction of sp³-hybridized carbons (Fsp3) is 0.667. The van der Waals surface area contributed by atoms with Gasteiger partial charge in [0.05, 0.1) is 5.25 Å². The zero-order valence-electron chi connectivity index (χ0n) is 10.3. The third-order valence-electron chi connectivity index (χ3n) is 2.77. The highest BCUT2D eigenvalue weighted by atomic mass is 32.2. The van der Waals surface area contributed by atoms with Crippen LogP contribution in [0.4, 0.5) is 0 Å². The van der Waals surface area contributed by atoms with Gasteiger partial charge in [-0.25, -0.2) is 9.97 Å². The molecule has 17 heavy (non-hydrogen) atoms. The van der Waals surface area contributed by atoms with Gasteiger partial charge < -0.3 is 5.73 Å². The molecule has 1 saturated heterocycles. The zero-order valence-corrected chi connectivity index (χ0v) is 12.0. The lowest BCUT2D eigenvalue weighted by atomic mass is 10.2. The summed E-state index contributed by atoms with van der Waals surface area (Å²) in [5.41, 5.74) is 7.74. The largest absolute Gasteiger partial charge is 0.330 e. The van der Waals surface area contributed by atoms with Crippen molar-refractivity contribution in [1.82, 2.24) is 9.97 Å². The molecule has 94 valence electrons. The van der Waals surface area contributed by atoms with Crippen LogP contribution in [0.5, 0.6) is 0 Å². The Kier molecular flexibility index (Phi) is 4.70. The van der Waals surface area contributed by atoms with Crippen LogP contribution >= 0.6 is 23.5 Å². The van der Waals surface area contributed by atoms with E-state index in [-0.39, 0.29) is 0 Å². The van der Waals surface area contributed by atoms with Crippen LogP contribution in [-0.2, 0) is 6.42 Å². The van der Waals surface area contributed by atoms with Crippen LogP contribution in [0.3, 0.4) is 0 Å². The minimum atomic E-state index is 0.435. The van der Waals surface area contributed by atoms with Gasteiger partial charge in [0.25, 0.3) is 0 Å². The third kappa shape index (κ3) is 3.36. The van der Waals surface area contributed by atoms with E-state index in [0.29, 0.717) is 17.0 Å². The summed E-state index contributed by atoms with van der Waals surface area (Å²) >= 11 is 4.00. The molecule has 2 heterocycles. The lowest BCUT2D eigenvalue weighted by molar-refractivity contribution is 0.785. The molecule has 3 nitrogen and oxygen atoms in total. The molecule has 2 N–H and O–H groups in total. The Morgan fingerprint density at radius 2 is 2.12 bits per heavy atom. The number of hydrogen-bond acceptors (Lipinski definition) is 5. The Morgan fingerprint density at radius 3 is 2.82 bits per heavy atom. The molecular weight excluding hydrogens is 250 g/mol. The van der Waals surface area contributed by atoms with E-state index in [9.17, 15) is 0 Å². The van der Waals surface area contributed by atoms with E-state index in [1.165, 1.54) is 11.5 Å². The Hall–Kier alpha value is -0.260. The molecule has 0 spiro atoms. The molecule has 2 rings (SSSR count). The lowest BCUT2D eigenvalue weighted by Gasteiger charge is -2.27. The van der Waals surface area contributed by atoms with Crippen molar-refractivity contribution in [2.45, 2.75) is 30.8 Å². The van der Waals surface area contributed by atoms with Crippen molar-refractivity contribution in [3.63, 3.8) is 0 Å². The average molecular weight is 269 g/mol. The van der Waals surface area contributed by atoms with Crippen molar-refractivity contribution in [3.05, 3.63) is 23.3 Å². The molecule has 0 bridgehead atoms. The number of nitrogens with two attached hydrogens (primary N) is 1. The Morgan fingerprint density at radius 1 is 1.35 bits per heavy atom. The second-order valence-electron chi connectivity index (χ2n) is 4.26. The summed E-state index contributed by atoms with van der Waals surface area (Å²) in [6.07, 6.45) is 0.843. The molecule has 5 heteroatoms. The highest BCUT2D eigenvalue weighted by Crippen LogP contribution is 2.40. The van der Waals surface area contributed by atoms with E-state index in [2.05, 4.69) is 16.9 Å². The molecule has 1 fully saturated rings. The van der Waals surface area contributed by atoms with Crippen LogP contribution < -0.4 is 5.73 Å². The second kappa shape index (κ2) is 6.07. The molecule has 2 unspecified atom stereocenters. The molecular formula is C12H19N3S2. The first-order valence-electron chi connectivity index (χ1n) is 5.98. The molecule has 2 atom stereocenters. The Balaban J connectivity index is 2.24. The molecule has 0 aliphatic carbocycles. The summed E-state index contributed by atoms with van der Waals surface area (Å²) in [5, 5.41) is 1.03. The topological polar surface area (TPSA) is 51.8 Å². The lowest BCUT2D eigenvalue weighted by Crippen LogP contribution is -2.19. The van der Waals surface area contributed by atoms with Crippen molar-refractivity contribution in [1.29, 1.82) is 0 Å². The number of aryl methyl sites for hydroxylation is 1. The first-order chi connectivity index (χ1) is 8.20. The average Bonchev–Trinajstić information content (AvgIpc) is 2.29. The predicted molar refractivity (Wildman–Crippen MR) is 76.6 cm³/mol. The van der Waals surface area contributed by atoms with Gasteiger partial charge in [0.2, 0.25) is 0 Å². The minimum Gasteiger partial charge on any atom is -0.330 e. The van der Waals surface area contributed by atoms with Crippen molar-refractivity contribution >= 4 is 23.5 Å². The maximum absolute atomic E-state index is 5.60. The molecule has 1 aromatic rings. The van der Waals surface area contributed by atoms with Crippen LogP contribution in [0, 0.1) is 6.92 Å². The van der Waals surface area contributed by atoms with Crippen molar-refractivity contribution in [2.75, 3.05) is 18.1 Å². The highest BCUT2D eigenvalue weighted by molar-refractivity contribution is 8.06. The van der Waals surface area contributed by atoms with Crippen LogP contribution in [0.15, 0.2) is 6.07 Å². The number of hydrogen-bond donors (Lipinski definition) is 1. The van der Waals surface area contributed by atoms with E-state index in [0.717, 1.165) is 23.6 Å². The van der Waals surface area contributed by atoms with Gasteiger partial charge in [0, 0.05) is 34.6 Å². The molecule has 1 aromatic heterocycles. The van der Waals surface area contributed by atoms with E-state index in [4.69, 9.17) is 5.73 Å². The first kappa shape index (κ1) is 13.2. The van der Waals surface area contributed by atoms with Crippen molar-refractivity contribution < 1.29 is 0 Å². The van der Waals surface area contributed by atoms with Gasteiger partial charge in [-0.05, 0) is 19.5 Å². The molecule has 0 saturated carbocycles. The van der Waals surface area contributed by atoms with Gasteiger partial charge in [-0.2, -0.15) is 11.8 Å². The number of aromatic nitrogens is 2. The maximum Gasteiger partial charge on any atom is 0.142 e. The number of thioether (sulfide) groups is 2. The summed E-state index contributed by atoms with van der Waals surface area (Å²) in [4.78, 5) is 9.28. The fourth-order valence-electron chi connectivity index (χ4n) is 1.98. The van der Waals surface area contributed by atoms with Crippen LogP contribution in [0.2, 0.25) is 0 Å². The summed E-state index contributed by atoms with van der Waals surface area (Å²) < 4.78 is 0. The summed E-state index contributed by atoms with van der Waals surface area (Å²) in [7, 11) is 0. The monoisotopic (exact) mass is 269 g/mol. The molecule has 1 aliphatic heterocycles. The van der Waals surface area contributed by atoms with Crippen LogP contribution in [0.25, 0.3) is 0 Å². The highest BCUT2D eigenvalue weighted by Gasteiger charge is 2.26. The van der Waals surface area contributed by atoms with E-state index < -0.39 is 0 Å². The van der Waals surface area contributed by atoms with E-state index in [1.54, 1.807) is 0 Å². The second-order valence-corrected chi connectivity index (χ2v) is 7.00. The zero-order chi connectivity index (χ0) is 12.3. The Labute approximate surface area is 111 Å². The normalized spacial score (nSPS) is 24.9. The van der Waals surface area contributed by atoms with Gasteiger partial charge in [-0.3, -0.25) is 0 Å². The van der Waals surface area contributed by atoms with Gasteiger partial charge in [-0.15, -0.1) is 11.8 Å². The fourth-order valence-corrected chi connectivity index (χ4v) is 4.67. The number of rotatable bonds is 3. The summed E-state index contributed by atoms with van der Waals surface area (Å²) in [6.45, 7) is 4.96. The minimum absolute atomic E-state index is 0.435.